The van der Waals surface area contributed by atoms with Gasteiger partial charge in [-0.2, -0.15) is 0 Å². The number of halogens is 1. The molecule has 0 bridgehead atoms. The molecule has 1 N–H and O–H groups in total. The van der Waals surface area contributed by atoms with Gasteiger partial charge in [-0.1, -0.05) is 30.2 Å². The molecule has 0 radical (unpaired) electrons. The number of benzene rings is 3. The molecule has 1 heterocycles. The lowest BCUT2D eigenvalue weighted by Crippen LogP contribution is -2.04. The molecule has 0 saturated carbocycles. The minimum Gasteiger partial charge on any atom is -0.489 e. The number of carbonyl (C=O) groups is 1. The number of carboxylic acids is 1. The molecule has 4 rings (SSSR count). The molecule has 1 atom stereocenters. The molecular formula is C28H24FNO3. The van der Waals surface area contributed by atoms with Gasteiger partial charge >= 0.3 is 5.97 Å². The monoisotopic (exact) mass is 441 g/mol. The molecule has 4 aromatic rings. The van der Waals surface area contributed by atoms with Crippen LogP contribution in [-0.4, -0.2) is 15.6 Å². The normalized spacial score (nSPS) is 11.6. The first-order valence-corrected chi connectivity index (χ1v) is 10.7. The fourth-order valence-electron chi connectivity index (χ4n) is 4.01. The van der Waals surface area contributed by atoms with E-state index >= 15 is 0 Å². The quantitative estimate of drug-likeness (QED) is 0.346. The van der Waals surface area contributed by atoms with E-state index in [0.717, 1.165) is 33.3 Å². The summed E-state index contributed by atoms with van der Waals surface area (Å²) in [4.78, 5) is 11.1. The maximum atomic E-state index is 13.5. The van der Waals surface area contributed by atoms with Crippen molar-refractivity contribution in [1.82, 2.24) is 4.57 Å². The number of ether oxygens (including phenoxy) is 1. The molecule has 0 aliphatic heterocycles. The van der Waals surface area contributed by atoms with Crippen molar-refractivity contribution in [3.05, 3.63) is 95.4 Å². The molecule has 33 heavy (non-hydrogen) atoms. The van der Waals surface area contributed by atoms with E-state index in [9.17, 15) is 9.18 Å². The third-order valence-corrected chi connectivity index (χ3v) is 5.62. The second-order valence-corrected chi connectivity index (χ2v) is 7.87. The van der Waals surface area contributed by atoms with Gasteiger partial charge in [-0.05, 0) is 73.0 Å². The molecular weight excluding hydrogens is 417 g/mol. The van der Waals surface area contributed by atoms with Crippen molar-refractivity contribution in [2.24, 2.45) is 0 Å². The summed E-state index contributed by atoms with van der Waals surface area (Å²) in [5, 5.41) is 10.2. The van der Waals surface area contributed by atoms with E-state index in [-0.39, 0.29) is 18.2 Å². The highest BCUT2D eigenvalue weighted by molar-refractivity contribution is 5.85. The Labute approximate surface area is 192 Å². The highest BCUT2D eigenvalue weighted by atomic mass is 19.1. The van der Waals surface area contributed by atoms with Gasteiger partial charge in [-0.15, -0.1) is 5.92 Å². The third-order valence-electron chi connectivity index (χ3n) is 5.62. The van der Waals surface area contributed by atoms with Gasteiger partial charge in [-0.25, -0.2) is 4.39 Å². The summed E-state index contributed by atoms with van der Waals surface area (Å²) in [6.07, 6.45) is 1.95. The topological polar surface area (TPSA) is 51.5 Å². The van der Waals surface area contributed by atoms with Gasteiger partial charge in [0.05, 0.1) is 17.9 Å². The Morgan fingerprint density at radius 3 is 2.61 bits per heavy atom. The van der Waals surface area contributed by atoms with E-state index in [1.54, 1.807) is 13.0 Å². The van der Waals surface area contributed by atoms with Crippen LogP contribution in [0.15, 0.2) is 72.9 Å². The second kappa shape index (κ2) is 9.62. The van der Waals surface area contributed by atoms with Crippen LogP contribution < -0.4 is 4.74 Å². The Morgan fingerprint density at radius 2 is 1.91 bits per heavy atom. The molecule has 3 aromatic carbocycles. The Balaban J connectivity index is 1.53. The van der Waals surface area contributed by atoms with Crippen LogP contribution in [0.2, 0.25) is 0 Å². The van der Waals surface area contributed by atoms with Crippen molar-refractivity contribution in [3.63, 3.8) is 0 Å². The van der Waals surface area contributed by atoms with Gasteiger partial charge in [-0.3, -0.25) is 4.79 Å². The van der Waals surface area contributed by atoms with Gasteiger partial charge in [0.15, 0.2) is 0 Å². The Hall–Kier alpha value is -4.04. The fourth-order valence-corrected chi connectivity index (χ4v) is 4.01. The number of rotatable bonds is 7. The van der Waals surface area contributed by atoms with Crippen LogP contribution in [0.5, 0.6) is 5.75 Å². The van der Waals surface area contributed by atoms with Gasteiger partial charge in [0, 0.05) is 17.3 Å². The lowest BCUT2D eigenvalue weighted by atomic mass is 9.96. The highest BCUT2D eigenvalue weighted by Gasteiger charge is 2.14. The molecule has 166 valence electrons. The minimum atomic E-state index is -0.876. The summed E-state index contributed by atoms with van der Waals surface area (Å²) in [6.45, 7) is 3.99. The van der Waals surface area contributed by atoms with Crippen molar-refractivity contribution < 1.29 is 19.0 Å². The van der Waals surface area contributed by atoms with Gasteiger partial charge < -0.3 is 14.4 Å². The molecule has 1 aromatic heterocycles. The van der Waals surface area contributed by atoms with Crippen LogP contribution in [-0.2, 0) is 11.4 Å². The van der Waals surface area contributed by atoms with Crippen LogP contribution in [0.25, 0.3) is 16.6 Å². The first kappa shape index (κ1) is 22.2. The number of fused-ring (bicyclic) bond motifs is 1. The number of carboxylic acid groups (broad SMARTS) is 1. The number of nitrogens with zero attached hydrogens (tertiary/aromatic N) is 1. The number of aromatic nitrogens is 1. The van der Waals surface area contributed by atoms with Crippen LogP contribution in [0, 0.1) is 24.6 Å². The zero-order valence-corrected chi connectivity index (χ0v) is 18.5. The van der Waals surface area contributed by atoms with E-state index in [1.807, 2.05) is 61.7 Å². The maximum absolute atomic E-state index is 13.5. The predicted octanol–water partition coefficient (Wildman–Crippen LogP) is 6.24. The highest BCUT2D eigenvalue weighted by Crippen LogP contribution is 2.27. The number of aryl methyl sites for hydroxylation is 1. The summed E-state index contributed by atoms with van der Waals surface area (Å²) < 4.78 is 21.6. The van der Waals surface area contributed by atoms with E-state index in [4.69, 9.17) is 9.84 Å². The second-order valence-electron chi connectivity index (χ2n) is 7.87. The van der Waals surface area contributed by atoms with Crippen molar-refractivity contribution in [3.8, 4) is 23.3 Å². The summed E-state index contributed by atoms with van der Waals surface area (Å²) in [5.41, 5.74) is 4.72. The Kier molecular flexibility index (Phi) is 6.46. The molecule has 0 unspecified atom stereocenters. The zero-order valence-electron chi connectivity index (χ0n) is 18.5. The average molecular weight is 442 g/mol. The molecule has 0 spiro atoms. The number of hydrogen-bond donors (Lipinski definition) is 1. The van der Waals surface area contributed by atoms with Crippen molar-refractivity contribution >= 4 is 16.9 Å². The molecule has 0 fully saturated rings. The summed E-state index contributed by atoms with van der Waals surface area (Å²) in [7, 11) is 0. The molecule has 0 amide bonds. The molecule has 4 nitrogen and oxygen atoms in total. The van der Waals surface area contributed by atoms with Crippen molar-refractivity contribution in [2.45, 2.75) is 32.8 Å². The maximum Gasteiger partial charge on any atom is 0.304 e. The minimum absolute atomic E-state index is 0.0342. The Morgan fingerprint density at radius 1 is 1.12 bits per heavy atom. The third kappa shape index (κ3) is 4.91. The smallest absolute Gasteiger partial charge is 0.304 e. The largest absolute Gasteiger partial charge is 0.489 e. The average Bonchev–Trinajstić information content (AvgIpc) is 3.22. The standard InChI is InChI=1S/C28H24FNO3/c1-3-5-21(17-28(31)32)20-8-11-24(12-9-20)33-18-22-6-4-7-27-25(22)14-15-30(27)26-13-10-23(29)16-19(26)2/h4,6-16,21H,17-18H2,1-2H3,(H,31,32)/t21-/m0/s1. The molecule has 0 aliphatic rings. The number of aliphatic carboxylic acids is 1. The number of hydrogen-bond acceptors (Lipinski definition) is 2. The lowest BCUT2D eigenvalue weighted by Gasteiger charge is -2.12. The van der Waals surface area contributed by atoms with E-state index in [2.05, 4.69) is 16.4 Å². The molecule has 5 heteroatoms. The van der Waals surface area contributed by atoms with Crippen LogP contribution in [0.3, 0.4) is 0 Å². The van der Waals surface area contributed by atoms with Gasteiger partial charge in [0.2, 0.25) is 0 Å². The van der Waals surface area contributed by atoms with Crippen LogP contribution >= 0.6 is 0 Å². The van der Waals surface area contributed by atoms with Gasteiger partial charge in [0.25, 0.3) is 0 Å². The molecule has 0 saturated heterocycles. The zero-order chi connectivity index (χ0) is 23.4. The van der Waals surface area contributed by atoms with Crippen molar-refractivity contribution in [1.29, 1.82) is 0 Å². The summed E-state index contributed by atoms with van der Waals surface area (Å²) in [5.74, 6) is 4.99. The fraction of sp³-hybridized carbons (Fsp3) is 0.179. The predicted molar refractivity (Wildman–Crippen MR) is 127 cm³/mol. The van der Waals surface area contributed by atoms with E-state index in [0.29, 0.717) is 12.4 Å². The van der Waals surface area contributed by atoms with Crippen molar-refractivity contribution in [2.75, 3.05) is 0 Å². The first-order valence-electron chi connectivity index (χ1n) is 10.7. The SMILES string of the molecule is CC#C[C@@H](CC(=O)O)c1ccc(OCc2cccc3c2ccn3-c2ccc(F)cc2C)cc1. The molecule has 0 aliphatic carbocycles. The Bertz CT molecular complexity index is 1360. The van der Waals surface area contributed by atoms with Crippen LogP contribution in [0.1, 0.15) is 36.0 Å². The van der Waals surface area contributed by atoms with Crippen LogP contribution in [0.4, 0.5) is 4.39 Å². The first-order chi connectivity index (χ1) is 16.0. The lowest BCUT2D eigenvalue weighted by molar-refractivity contribution is -0.137. The summed E-state index contributed by atoms with van der Waals surface area (Å²) in [6, 6.07) is 20.3. The van der Waals surface area contributed by atoms with E-state index < -0.39 is 5.97 Å². The van der Waals surface area contributed by atoms with E-state index in [1.165, 1.54) is 12.1 Å². The summed E-state index contributed by atoms with van der Waals surface area (Å²) >= 11 is 0. The van der Waals surface area contributed by atoms with Gasteiger partial charge in [0.1, 0.15) is 18.2 Å².